The molecule has 0 unspecified atom stereocenters. The zero-order chi connectivity index (χ0) is 8.59. The maximum Gasteiger partial charge on any atom is 0.142 e. The third-order valence-corrected chi connectivity index (χ3v) is 2.60. The first-order valence-electron chi connectivity index (χ1n) is 3.14. The second kappa shape index (κ2) is 3.00. The lowest BCUT2D eigenvalue weighted by Crippen LogP contribution is -1.87. The fourth-order valence-electron chi connectivity index (χ4n) is 0.888. The fourth-order valence-corrected chi connectivity index (χ4v) is 1.23. The van der Waals surface area contributed by atoms with Crippen LogP contribution in [0.2, 0.25) is 10.0 Å². The molecule has 0 aliphatic carbocycles. The Morgan fingerprint density at radius 2 is 1.73 bits per heavy atom. The minimum atomic E-state index is -0.411. The van der Waals surface area contributed by atoms with Gasteiger partial charge in [-0.2, -0.15) is 0 Å². The molecule has 3 heteroatoms. The van der Waals surface area contributed by atoms with Crippen LogP contribution >= 0.6 is 23.2 Å². The van der Waals surface area contributed by atoms with Crippen molar-refractivity contribution in [1.29, 1.82) is 0 Å². The molecule has 0 radical (unpaired) electrons. The van der Waals surface area contributed by atoms with E-state index in [4.69, 9.17) is 23.2 Å². The van der Waals surface area contributed by atoms with Gasteiger partial charge in [-0.15, -0.1) is 0 Å². The van der Waals surface area contributed by atoms with Crippen molar-refractivity contribution in [2.75, 3.05) is 0 Å². The predicted octanol–water partition coefficient (Wildman–Crippen LogP) is 3.75. The quantitative estimate of drug-likeness (QED) is 0.550. The summed E-state index contributed by atoms with van der Waals surface area (Å²) in [6.45, 7) is 3.44. The highest BCUT2D eigenvalue weighted by atomic mass is 35.5. The van der Waals surface area contributed by atoms with E-state index in [0.717, 1.165) is 0 Å². The van der Waals surface area contributed by atoms with Gasteiger partial charge < -0.3 is 0 Å². The predicted molar refractivity (Wildman–Crippen MR) is 45.9 cm³/mol. The van der Waals surface area contributed by atoms with Crippen LogP contribution in [-0.4, -0.2) is 0 Å². The van der Waals surface area contributed by atoms with Crippen LogP contribution in [0, 0.1) is 19.7 Å². The molecule has 0 nitrogen and oxygen atoms in total. The van der Waals surface area contributed by atoms with E-state index in [-0.39, 0.29) is 5.02 Å². The molecule has 1 aromatic rings. The van der Waals surface area contributed by atoms with Crippen LogP contribution in [0.4, 0.5) is 4.39 Å². The molecule has 0 aliphatic rings. The zero-order valence-electron chi connectivity index (χ0n) is 6.21. The average Bonchev–Trinajstić information content (AvgIpc) is 1.97. The lowest BCUT2D eigenvalue weighted by Gasteiger charge is -2.04. The molecule has 0 heterocycles. The summed E-state index contributed by atoms with van der Waals surface area (Å²) in [7, 11) is 0. The average molecular weight is 193 g/mol. The smallest absolute Gasteiger partial charge is 0.142 e. The molecule has 0 saturated carbocycles. The molecule has 0 fully saturated rings. The van der Waals surface area contributed by atoms with Crippen LogP contribution in [-0.2, 0) is 0 Å². The second-order valence-corrected chi connectivity index (χ2v) is 3.18. The summed E-state index contributed by atoms with van der Waals surface area (Å²) in [4.78, 5) is 0. The molecular weight excluding hydrogens is 186 g/mol. The van der Waals surface area contributed by atoms with Crippen molar-refractivity contribution in [1.82, 2.24) is 0 Å². The van der Waals surface area contributed by atoms with Crippen molar-refractivity contribution in [2.45, 2.75) is 13.8 Å². The molecule has 0 saturated heterocycles. The van der Waals surface area contributed by atoms with E-state index < -0.39 is 5.82 Å². The Hall–Kier alpha value is -0.270. The molecule has 0 spiro atoms. The maximum atomic E-state index is 12.8. The molecular formula is C8H7Cl2F. The van der Waals surface area contributed by atoms with Crippen molar-refractivity contribution in [3.8, 4) is 0 Å². The van der Waals surface area contributed by atoms with Gasteiger partial charge in [0.1, 0.15) is 5.82 Å². The van der Waals surface area contributed by atoms with Gasteiger partial charge in [-0.3, -0.25) is 0 Å². The highest BCUT2D eigenvalue weighted by molar-refractivity contribution is 6.36. The number of hydrogen-bond acceptors (Lipinski definition) is 0. The minimum Gasteiger partial charge on any atom is -0.205 e. The van der Waals surface area contributed by atoms with Gasteiger partial charge in [0.25, 0.3) is 0 Å². The van der Waals surface area contributed by atoms with Crippen LogP contribution in [0.3, 0.4) is 0 Å². The van der Waals surface area contributed by atoms with Gasteiger partial charge in [-0.1, -0.05) is 23.2 Å². The van der Waals surface area contributed by atoms with Gasteiger partial charge in [-0.25, -0.2) is 4.39 Å². The van der Waals surface area contributed by atoms with E-state index in [1.165, 1.54) is 6.07 Å². The molecule has 0 atom stereocenters. The van der Waals surface area contributed by atoms with E-state index >= 15 is 0 Å². The molecule has 60 valence electrons. The van der Waals surface area contributed by atoms with Crippen LogP contribution in [0.1, 0.15) is 11.1 Å². The summed E-state index contributed by atoms with van der Waals surface area (Å²) >= 11 is 11.4. The van der Waals surface area contributed by atoms with E-state index in [0.29, 0.717) is 16.1 Å². The fraction of sp³-hybridized carbons (Fsp3) is 0.250. The normalized spacial score (nSPS) is 10.3. The Morgan fingerprint density at radius 3 is 2.27 bits per heavy atom. The van der Waals surface area contributed by atoms with Gasteiger partial charge in [0, 0.05) is 5.02 Å². The highest BCUT2D eigenvalue weighted by Gasteiger charge is 2.08. The maximum absolute atomic E-state index is 12.8. The lowest BCUT2D eigenvalue weighted by atomic mass is 10.1. The molecule has 1 rings (SSSR count). The summed E-state index contributed by atoms with van der Waals surface area (Å²) in [6, 6.07) is 1.33. The van der Waals surface area contributed by atoms with Crippen molar-refractivity contribution in [2.24, 2.45) is 0 Å². The molecule has 0 N–H and O–H groups in total. The first-order valence-corrected chi connectivity index (χ1v) is 3.90. The largest absolute Gasteiger partial charge is 0.205 e. The van der Waals surface area contributed by atoms with Crippen LogP contribution in [0.15, 0.2) is 6.07 Å². The van der Waals surface area contributed by atoms with Gasteiger partial charge in [0.05, 0.1) is 5.02 Å². The van der Waals surface area contributed by atoms with Crippen molar-refractivity contribution in [3.63, 3.8) is 0 Å². The Morgan fingerprint density at radius 1 is 1.18 bits per heavy atom. The Balaban J connectivity index is 3.46. The monoisotopic (exact) mass is 192 g/mol. The number of rotatable bonds is 0. The summed E-state index contributed by atoms with van der Waals surface area (Å²) in [5, 5.41) is 0.650. The van der Waals surface area contributed by atoms with Crippen LogP contribution in [0.25, 0.3) is 0 Å². The van der Waals surface area contributed by atoms with Crippen molar-refractivity contribution < 1.29 is 4.39 Å². The van der Waals surface area contributed by atoms with Crippen molar-refractivity contribution >= 4 is 23.2 Å². The zero-order valence-corrected chi connectivity index (χ0v) is 7.72. The molecule has 0 aromatic heterocycles. The summed E-state index contributed by atoms with van der Waals surface area (Å²) in [5.74, 6) is -0.411. The number of hydrogen-bond donors (Lipinski definition) is 0. The third-order valence-electron chi connectivity index (χ3n) is 1.56. The number of benzene rings is 1. The molecule has 11 heavy (non-hydrogen) atoms. The van der Waals surface area contributed by atoms with E-state index in [1.54, 1.807) is 13.8 Å². The lowest BCUT2D eigenvalue weighted by molar-refractivity contribution is 0.626. The highest BCUT2D eigenvalue weighted by Crippen LogP contribution is 2.29. The van der Waals surface area contributed by atoms with E-state index in [9.17, 15) is 4.39 Å². The standard InChI is InChI=1S/C8H7Cl2F/c1-4-3-6(11)8(10)5(2)7(4)9/h3H,1-2H3. The summed E-state index contributed by atoms with van der Waals surface area (Å²) in [6.07, 6.45) is 0. The topological polar surface area (TPSA) is 0 Å². The number of halogens is 3. The molecule has 0 bridgehead atoms. The Kier molecular flexibility index (Phi) is 2.40. The van der Waals surface area contributed by atoms with E-state index in [2.05, 4.69) is 0 Å². The number of aryl methyl sites for hydroxylation is 1. The van der Waals surface area contributed by atoms with Gasteiger partial charge >= 0.3 is 0 Å². The van der Waals surface area contributed by atoms with E-state index in [1.807, 2.05) is 0 Å². The molecule has 0 aliphatic heterocycles. The molecule has 1 aromatic carbocycles. The van der Waals surface area contributed by atoms with Gasteiger partial charge in [0.15, 0.2) is 0 Å². The second-order valence-electron chi connectivity index (χ2n) is 2.43. The summed E-state index contributed by atoms with van der Waals surface area (Å²) < 4.78 is 12.8. The minimum absolute atomic E-state index is 0.112. The van der Waals surface area contributed by atoms with Crippen LogP contribution in [0.5, 0.6) is 0 Å². The van der Waals surface area contributed by atoms with Gasteiger partial charge in [0.2, 0.25) is 0 Å². The Labute approximate surface area is 74.9 Å². The first-order chi connectivity index (χ1) is 5.04. The van der Waals surface area contributed by atoms with Gasteiger partial charge in [-0.05, 0) is 31.0 Å². The summed E-state index contributed by atoms with van der Waals surface area (Å²) in [5.41, 5.74) is 1.32. The molecule has 0 amide bonds. The van der Waals surface area contributed by atoms with Crippen LogP contribution < -0.4 is 0 Å². The first kappa shape index (κ1) is 8.82. The Bertz CT molecular complexity index is 268. The SMILES string of the molecule is Cc1cc(F)c(Cl)c(C)c1Cl. The third kappa shape index (κ3) is 1.49. The van der Waals surface area contributed by atoms with Crippen molar-refractivity contribution in [3.05, 3.63) is 33.1 Å².